The van der Waals surface area contributed by atoms with Crippen molar-refractivity contribution in [2.45, 2.75) is 76.4 Å². The summed E-state index contributed by atoms with van der Waals surface area (Å²) in [5.41, 5.74) is 5.13. The summed E-state index contributed by atoms with van der Waals surface area (Å²) in [5.74, 6) is -1.29. The van der Waals surface area contributed by atoms with Crippen molar-refractivity contribution in [2.75, 3.05) is 10.6 Å². The SMILES string of the molecule is Cc1cccc(F)c1C(=O)N1C2CCC[C@@H]2C[C@H](C(=O)Nc2ccc3ncn(C)c3c2)[C@@H]1c1ccc(NC2CCCC2)cc1. The fraction of sp³-hybridized carbons (Fsp3) is 0.417. The second-order valence-electron chi connectivity index (χ2n) is 13.0. The monoisotopic (exact) mass is 593 g/mol. The molecule has 1 unspecified atom stereocenters. The van der Waals surface area contributed by atoms with Gasteiger partial charge in [0.15, 0.2) is 0 Å². The molecule has 2 heterocycles. The van der Waals surface area contributed by atoms with Gasteiger partial charge in [-0.2, -0.15) is 0 Å². The van der Waals surface area contributed by atoms with Crippen LogP contribution in [0.25, 0.3) is 11.0 Å². The van der Waals surface area contributed by atoms with Crippen LogP contribution in [0.15, 0.2) is 67.0 Å². The van der Waals surface area contributed by atoms with Crippen molar-refractivity contribution in [1.82, 2.24) is 14.5 Å². The van der Waals surface area contributed by atoms with Gasteiger partial charge in [-0.3, -0.25) is 9.59 Å². The maximum absolute atomic E-state index is 15.3. The summed E-state index contributed by atoms with van der Waals surface area (Å²) in [5, 5.41) is 6.83. The molecule has 3 aromatic carbocycles. The van der Waals surface area contributed by atoms with E-state index in [1.54, 1.807) is 25.4 Å². The fourth-order valence-corrected chi connectivity index (χ4v) is 7.99. The number of anilines is 2. The Bertz CT molecular complexity index is 1670. The van der Waals surface area contributed by atoms with E-state index in [-0.39, 0.29) is 29.3 Å². The Morgan fingerprint density at radius 3 is 2.48 bits per heavy atom. The van der Waals surface area contributed by atoms with Crippen molar-refractivity contribution < 1.29 is 14.0 Å². The van der Waals surface area contributed by atoms with Crippen LogP contribution in [0.1, 0.15) is 78.9 Å². The zero-order valence-electron chi connectivity index (χ0n) is 25.4. The number of fused-ring (bicyclic) bond motifs is 2. The molecule has 7 nitrogen and oxygen atoms in total. The molecule has 44 heavy (non-hydrogen) atoms. The Kier molecular flexibility index (Phi) is 7.60. The number of benzene rings is 3. The molecule has 7 rings (SSSR count). The number of aryl methyl sites for hydroxylation is 2. The summed E-state index contributed by atoms with van der Waals surface area (Å²) in [7, 11) is 1.93. The normalized spacial score (nSPS) is 23.6. The van der Waals surface area contributed by atoms with E-state index in [4.69, 9.17) is 0 Å². The average Bonchev–Trinajstić information content (AvgIpc) is 3.79. The molecular weight excluding hydrogens is 553 g/mol. The van der Waals surface area contributed by atoms with Crippen LogP contribution in [0.4, 0.5) is 15.8 Å². The molecule has 0 radical (unpaired) electrons. The van der Waals surface area contributed by atoms with Crippen molar-refractivity contribution >= 4 is 34.2 Å². The molecule has 3 aliphatic rings. The predicted molar refractivity (Wildman–Crippen MR) is 171 cm³/mol. The second kappa shape index (κ2) is 11.7. The first-order valence-electron chi connectivity index (χ1n) is 16.0. The Labute approximate surface area is 257 Å². The lowest BCUT2D eigenvalue weighted by Crippen LogP contribution is -2.54. The van der Waals surface area contributed by atoms with Gasteiger partial charge in [0.1, 0.15) is 5.82 Å². The van der Waals surface area contributed by atoms with Gasteiger partial charge >= 0.3 is 0 Å². The number of rotatable bonds is 6. The van der Waals surface area contributed by atoms with Crippen molar-refractivity contribution in [3.05, 3.63) is 89.5 Å². The van der Waals surface area contributed by atoms with Crippen LogP contribution in [-0.4, -0.2) is 38.3 Å². The van der Waals surface area contributed by atoms with Gasteiger partial charge in [0.25, 0.3) is 5.91 Å². The minimum absolute atomic E-state index is 0.0439. The van der Waals surface area contributed by atoms with Crippen molar-refractivity contribution in [3.63, 3.8) is 0 Å². The number of hydrogen-bond donors (Lipinski definition) is 2. The molecule has 1 aromatic heterocycles. The third-order valence-electron chi connectivity index (χ3n) is 10.2. The molecule has 4 atom stereocenters. The minimum Gasteiger partial charge on any atom is -0.382 e. The second-order valence-corrected chi connectivity index (χ2v) is 13.0. The topological polar surface area (TPSA) is 79.3 Å². The number of carbonyl (C=O) groups is 2. The lowest BCUT2D eigenvalue weighted by atomic mass is 9.76. The van der Waals surface area contributed by atoms with E-state index >= 15 is 4.39 Å². The highest BCUT2D eigenvalue weighted by Gasteiger charge is 2.50. The highest BCUT2D eigenvalue weighted by molar-refractivity contribution is 5.99. The highest BCUT2D eigenvalue weighted by Crippen LogP contribution is 2.49. The standard InChI is InChI=1S/C36H40FN5O2/c1-22-7-5-11-29(37)33(22)36(44)42-31-12-6-8-24(31)19-28(35(43)40-27-17-18-30-32(20-27)41(2)21-38-30)34(42)23-13-15-26(16-14-23)39-25-9-3-4-10-25/h5,7,11,13-18,20-21,24-25,28,31,34,39H,3-4,6,8-10,12,19H2,1-2H3,(H,40,43)/t24-,28+,31?,34+/m1/s1. The fourth-order valence-electron chi connectivity index (χ4n) is 7.99. The van der Waals surface area contributed by atoms with Crippen molar-refractivity contribution in [2.24, 2.45) is 18.9 Å². The Hall–Kier alpha value is -4.20. The van der Waals surface area contributed by atoms with E-state index in [1.807, 2.05) is 46.8 Å². The molecule has 2 saturated carbocycles. The van der Waals surface area contributed by atoms with Gasteiger partial charge < -0.3 is 20.1 Å². The third kappa shape index (κ3) is 5.24. The summed E-state index contributed by atoms with van der Waals surface area (Å²) in [6.45, 7) is 1.78. The largest absolute Gasteiger partial charge is 0.382 e. The first kappa shape index (κ1) is 28.6. The number of likely N-dealkylation sites (tertiary alicyclic amines) is 1. The molecule has 2 amide bonds. The van der Waals surface area contributed by atoms with E-state index in [9.17, 15) is 9.59 Å². The van der Waals surface area contributed by atoms with E-state index in [1.165, 1.54) is 31.7 Å². The number of piperidine rings is 1. The predicted octanol–water partition coefficient (Wildman–Crippen LogP) is 7.39. The summed E-state index contributed by atoms with van der Waals surface area (Å²) >= 11 is 0. The van der Waals surface area contributed by atoms with Gasteiger partial charge in [-0.05, 0) is 92.5 Å². The van der Waals surface area contributed by atoms with E-state index in [0.29, 0.717) is 23.7 Å². The number of aromatic nitrogens is 2. The summed E-state index contributed by atoms with van der Waals surface area (Å²) in [6.07, 6.45) is 10.1. The van der Waals surface area contributed by atoms with E-state index < -0.39 is 17.8 Å². The first-order chi connectivity index (χ1) is 21.4. The van der Waals surface area contributed by atoms with Gasteiger partial charge in [0.05, 0.1) is 34.9 Å². The Balaban J connectivity index is 1.27. The smallest absolute Gasteiger partial charge is 0.257 e. The van der Waals surface area contributed by atoms with E-state index in [2.05, 4.69) is 27.8 Å². The summed E-state index contributed by atoms with van der Waals surface area (Å²) < 4.78 is 17.2. The molecule has 1 aliphatic heterocycles. The molecule has 3 fully saturated rings. The Morgan fingerprint density at radius 1 is 0.932 bits per heavy atom. The maximum Gasteiger partial charge on any atom is 0.257 e. The summed E-state index contributed by atoms with van der Waals surface area (Å²) in [6, 6.07) is 18.6. The van der Waals surface area contributed by atoms with Gasteiger partial charge in [-0.25, -0.2) is 9.37 Å². The van der Waals surface area contributed by atoms with Crippen LogP contribution < -0.4 is 10.6 Å². The lowest BCUT2D eigenvalue weighted by molar-refractivity contribution is -0.125. The molecule has 2 aliphatic carbocycles. The van der Waals surface area contributed by atoms with Gasteiger partial charge in [-0.15, -0.1) is 0 Å². The molecule has 228 valence electrons. The quantitative estimate of drug-likeness (QED) is 0.244. The van der Waals surface area contributed by atoms with Crippen LogP contribution >= 0.6 is 0 Å². The van der Waals surface area contributed by atoms with Crippen LogP contribution in [0.3, 0.4) is 0 Å². The number of nitrogens with zero attached hydrogens (tertiary/aromatic N) is 3. The van der Waals surface area contributed by atoms with Gasteiger partial charge in [-0.1, -0.05) is 43.5 Å². The number of imidazole rings is 1. The first-order valence-corrected chi connectivity index (χ1v) is 16.0. The van der Waals surface area contributed by atoms with Crippen molar-refractivity contribution in [3.8, 4) is 0 Å². The number of hydrogen-bond acceptors (Lipinski definition) is 4. The third-order valence-corrected chi connectivity index (χ3v) is 10.2. The maximum atomic E-state index is 15.3. The number of carbonyl (C=O) groups excluding carboxylic acids is 2. The van der Waals surface area contributed by atoms with Crippen LogP contribution in [0.5, 0.6) is 0 Å². The van der Waals surface area contributed by atoms with Gasteiger partial charge in [0, 0.05) is 30.5 Å². The van der Waals surface area contributed by atoms with E-state index in [0.717, 1.165) is 41.5 Å². The van der Waals surface area contributed by atoms with Crippen LogP contribution in [0, 0.1) is 24.6 Å². The summed E-state index contributed by atoms with van der Waals surface area (Å²) in [4.78, 5) is 35.0. The molecule has 0 spiro atoms. The average molecular weight is 594 g/mol. The molecule has 4 aromatic rings. The molecular formula is C36H40FN5O2. The van der Waals surface area contributed by atoms with Crippen molar-refractivity contribution in [1.29, 1.82) is 0 Å². The molecule has 0 bridgehead atoms. The number of halogens is 1. The molecule has 2 N–H and O–H groups in total. The number of amides is 2. The zero-order valence-corrected chi connectivity index (χ0v) is 25.4. The minimum atomic E-state index is -0.526. The Morgan fingerprint density at radius 2 is 1.70 bits per heavy atom. The zero-order chi connectivity index (χ0) is 30.4. The molecule has 8 heteroatoms. The lowest BCUT2D eigenvalue weighted by Gasteiger charge is -2.48. The number of nitrogens with one attached hydrogen (secondary N) is 2. The highest BCUT2D eigenvalue weighted by atomic mass is 19.1. The molecule has 1 saturated heterocycles. The van der Waals surface area contributed by atoms with Crippen LogP contribution in [-0.2, 0) is 11.8 Å². The van der Waals surface area contributed by atoms with Gasteiger partial charge in [0.2, 0.25) is 5.91 Å². The van der Waals surface area contributed by atoms with Crippen LogP contribution in [0.2, 0.25) is 0 Å².